The van der Waals surface area contributed by atoms with Gasteiger partial charge in [-0.15, -0.1) is 0 Å². The van der Waals surface area contributed by atoms with Crippen molar-refractivity contribution < 1.29 is 24.2 Å². The van der Waals surface area contributed by atoms with Crippen molar-refractivity contribution in [2.75, 3.05) is 20.8 Å². The Labute approximate surface area is 117 Å². The predicted octanol–water partition coefficient (Wildman–Crippen LogP) is 1.31. The third-order valence-electron chi connectivity index (χ3n) is 2.49. The van der Waals surface area contributed by atoms with Crippen LogP contribution in [-0.2, 0) is 9.59 Å². The number of methoxy groups -OCH3 is 1. The number of carbonyl (C=O) groups excluding carboxylic acids is 1. The fraction of sp³-hybridized carbons (Fsp3) is 0.286. The Morgan fingerprint density at radius 1 is 1.40 bits per heavy atom. The maximum absolute atomic E-state index is 11.1. The number of carbonyl (C=O) groups is 2. The topological polar surface area (TPSA) is 84.9 Å². The second-order valence-electron chi connectivity index (χ2n) is 3.85. The van der Waals surface area contributed by atoms with Crippen LogP contribution in [0.2, 0.25) is 0 Å². The summed E-state index contributed by atoms with van der Waals surface area (Å²) in [5.41, 5.74) is 0.602. The molecular weight excluding hydrogens is 262 g/mol. The first kappa shape index (κ1) is 15.6. The Morgan fingerprint density at radius 2 is 2.15 bits per heavy atom. The van der Waals surface area contributed by atoms with Crippen LogP contribution < -0.4 is 14.8 Å². The van der Waals surface area contributed by atoms with E-state index < -0.39 is 5.97 Å². The first-order chi connectivity index (χ1) is 9.56. The van der Waals surface area contributed by atoms with Crippen molar-refractivity contribution in [1.29, 1.82) is 0 Å². The molecule has 0 unspecified atom stereocenters. The molecule has 0 fully saturated rings. The number of hydrogen-bond donors (Lipinski definition) is 2. The number of carboxylic acids is 1. The highest BCUT2D eigenvalue weighted by atomic mass is 16.5. The highest BCUT2D eigenvalue weighted by Crippen LogP contribution is 2.26. The van der Waals surface area contributed by atoms with E-state index in [2.05, 4.69) is 5.32 Å². The summed E-state index contributed by atoms with van der Waals surface area (Å²) in [6, 6.07) is 5.03. The summed E-state index contributed by atoms with van der Waals surface area (Å²) in [5, 5.41) is 11.1. The highest BCUT2D eigenvalue weighted by Gasteiger charge is 2.05. The Bertz CT molecular complexity index is 510. The lowest BCUT2D eigenvalue weighted by Gasteiger charge is -2.10. The van der Waals surface area contributed by atoms with E-state index in [0.29, 0.717) is 17.1 Å². The van der Waals surface area contributed by atoms with Crippen molar-refractivity contribution in [1.82, 2.24) is 5.32 Å². The van der Waals surface area contributed by atoms with Gasteiger partial charge in [-0.05, 0) is 18.2 Å². The summed E-state index contributed by atoms with van der Waals surface area (Å²) in [7, 11) is 3.07. The number of amides is 1. The van der Waals surface area contributed by atoms with E-state index in [1.54, 1.807) is 25.2 Å². The van der Waals surface area contributed by atoms with E-state index in [9.17, 15) is 9.59 Å². The lowest BCUT2D eigenvalue weighted by Crippen LogP contribution is -2.20. The van der Waals surface area contributed by atoms with Gasteiger partial charge in [0, 0.05) is 24.8 Å². The highest BCUT2D eigenvalue weighted by molar-refractivity contribution is 5.86. The van der Waals surface area contributed by atoms with Crippen LogP contribution in [-0.4, -0.2) is 37.7 Å². The summed E-state index contributed by atoms with van der Waals surface area (Å²) in [6.07, 6.45) is 2.67. The third-order valence-corrected chi connectivity index (χ3v) is 2.49. The zero-order chi connectivity index (χ0) is 15.0. The molecule has 0 aliphatic rings. The summed E-state index contributed by atoms with van der Waals surface area (Å²) in [6.45, 7) is 0.195. The van der Waals surface area contributed by atoms with Gasteiger partial charge in [0.2, 0.25) is 5.91 Å². The second-order valence-corrected chi connectivity index (χ2v) is 3.85. The Hall–Kier alpha value is -2.50. The maximum Gasteiger partial charge on any atom is 0.328 e. The summed E-state index contributed by atoms with van der Waals surface area (Å²) < 4.78 is 10.6. The van der Waals surface area contributed by atoms with Crippen molar-refractivity contribution in [3.63, 3.8) is 0 Å². The first-order valence-corrected chi connectivity index (χ1v) is 5.99. The summed E-state index contributed by atoms with van der Waals surface area (Å²) >= 11 is 0. The molecule has 1 amide bonds. The van der Waals surface area contributed by atoms with Crippen LogP contribution in [0.3, 0.4) is 0 Å². The predicted molar refractivity (Wildman–Crippen MR) is 73.8 cm³/mol. The molecule has 0 spiro atoms. The van der Waals surface area contributed by atoms with Crippen LogP contribution >= 0.6 is 0 Å². The second kappa shape index (κ2) is 7.83. The molecule has 6 nitrogen and oxygen atoms in total. The quantitative estimate of drug-likeness (QED) is 0.735. The molecule has 0 aliphatic carbocycles. The molecule has 0 saturated heterocycles. The van der Waals surface area contributed by atoms with Gasteiger partial charge in [-0.2, -0.15) is 0 Å². The number of benzene rings is 1. The largest absolute Gasteiger partial charge is 0.497 e. The maximum atomic E-state index is 11.1. The van der Waals surface area contributed by atoms with Crippen molar-refractivity contribution in [2.24, 2.45) is 0 Å². The minimum Gasteiger partial charge on any atom is -0.497 e. The minimum absolute atomic E-state index is 0.129. The molecule has 1 rings (SSSR count). The molecule has 1 aromatic carbocycles. The molecule has 0 radical (unpaired) electrons. The van der Waals surface area contributed by atoms with Gasteiger partial charge in [-0.3, -0.25) is 4.79 Å². The minimum atomic E-state index is -1.04. The molecule has 20 heavy (non-hydrogen) atoms. The van der Waals surface area contributed by atoms with E-state index in [1.165, 1.54) is 13.2 Å². The number of aliphatic carboxylic acids is 1. The normalized spacial score (nSPS) is 10.3. The lowest BCUT2D eigenvalue weighted by atomic mass is 10.1. The zero-order valence-corrected chi connectivity index (χ0v) is 11.4. The van der Waals surface area contributed by atoms with Gasteiger partial charge in [0.25, 0.3) is 0 Å². The van der Waals surface area contributed by atoms with Gasteiger partial charge in [0.15, 0.2) is 0 Å². The number of carboxylic acid groups (broad SMARTS) is 1. The van der Waals surface area contributed by atoms with Crippen molar-refractivity contribution in [3.8, 4) is 11.5 Å². The van der Waals surface area contributed by atoms with Crippen LogP contribution in [0.25, 0.3) is 6.08 Å². The lowest BCUT2D eigenvalue weighted by molar-refractivity contribution is -0.131. The van der Waals surface area contributed by atoms with Crippen molar-refractivity contribution in [3.05, 3.63) is 29.8 Å². The van der Waals surface area contributed by atoms with Gasteiger partial charge in [-0.1, -0.05) is 0 Å². The zero-order valence-electron chi connectivity index (χ0n) is 11.4. The fourth-order valence-corrected chi connectivity index (χ4v) is 1.44. The van der Waals surface area contributed by atoms with Gasteiger partial charge < -0.3 is 19.9 Å². The Balaban J connectivity index is 2.83. The SMILES string of the molecule is CNC(=O)CCOc1cc(OC)ccc1C=CC(=O)O. The summed E-state index contributed by atoms with van der Waals surface area (Å²) in [5.74, 6) is -0.120. The Kier molecular flexibility index (Phi) is 6.09. The van der Waals surface area contributed by atoms with Crippen LogP contribution in [0.5, 0.6) is 11.5 Å². The van der Waals surface area contributed by atoms with E-state index >= 15 is 0 Å². The average Bonchev–Trinajstić information content (AvgIpc) is 2.45. The monoisotopic (exact) mass is 279 g/mol. The van der Waals surface area contributed by atoms with Crippen LogP contribution in [0.4, 0.5) is 0 Å². The van der Waals surface area contributed by atoms with E-state index in [-0.39, 0.29) is 18.9 Å². The molecule has 0 heterocycles. The third kappa shape index (κ3) is 5.01. The number of ether oxygens (including phenoxy) is 2. The average molecular weight is 279 g/mol. The van der Waals surface area contributed by atoms with Crippen molar-refractivity contribution >= 4 is 18.0 Å². The molecule has 2 N–H and O–H groups in total. The van der Waals surface area contributed by atoms with Crippen molar-refractivity contribution in [2.45, 2.75) is 6.42 Å². The molecule has 108 valence electrons. The van der Waals surface area contributed by atoms with E-state index in [1.807, 2.05) is 0 Å². The van der Waals surface area contributed by atoms with Gasteiger partial charge in [-0.25, -0.2) is 4.79 Å². The standard InChI is InChI=1S/C14H17NO5/c1-15-13(16)7-8-20-12-9-11(19-2)5-3-10(12)4-6-14(17)18/h3-6,9H,7-8H2,1-2H3,(H,15,16)(H,17,18). The Morgan fingerprint density at radius 3 is 2.75 bits per heavy atom. The molecule has 6 heteroatoms. The van der Waals surface area contributed by atoms with Gasteiger partial charge in [0.05, 0.1) is 20.1 Å². The van der Waals surface area contributed by atoms with Gasteiger partial charge >= 0.3 is 5.97 Å². The van der Waals surface area contributed by atoms with Crippen LogP contribution in [0, 0.1) is 0 Å². The van der Waals surface area contributed by atoms with Crippen LogP contribution in [0.15, 0.2) is 24.3 Å². The molecule has 0 aliphatic heterocycles. The first-order valence-electron chi connectivity index (χ1n) is 5.99. The van der Waals surface area contributed by atoms with Crippen LogP contribution in [0.1, 0.15) is 12.0 Å². The molecule has 0 atom stereocenters. The molecule has 1 aromatic rings. The van der Waals surface area contributed by atoms with Gasteiger partial charge in [0.1, 0.15) is 11.5 Å². The summed E-state index contributed by atoms with van der Waals surface area (Å²) in [4.78, 5) is 21.7. The van der Waals surface area contributed by atoms with E-state index in [0.717, 1.165) is 6.08 Å². The number of hydrogen-bond acceptors (Lipinski definition) is 4. The molecule has 0 bridgehead atoms. The smallest absolute Gasteiger partial charge is 0.328 e. The molecule has 0 aromatic heterocycles. The molecule has 0 saturated carbocycles. The fourth-order valence-electron chi connectivity index (χ4n) is 1.44. The number of nitrogens with one attached hydrogen (secondary N) is 1. The molecular formula is C14H17NO5. The van der Waals surface area contributed by atoms with E-state index in [4.69, 9.17) is 14.6 Å². The number of rotatable bonds is 7.